The molecule has 6 N–H and O–H groups in total. The van der Waals surface area contributed by atoms with Crippen LogP contribution in [0.1, 0.15) is 11.9 Å². The smallest absolute Gasteiger partial charge is 0.313 e. The van der Waals surface area contributed by atoms with Gasteiger partial charge >= 0.3 is 5.69 Å². The van der Waals surface area contributed by atoms with Crippen LogP contribution in [0.5, 0.6) is 0 Å². The van der Waals surface area contributed by atoms with Crippen molar-refractivity contribution in [3.63, 3.8) is 0 Å². The second-order valence-corrected chi connectivity index (χ2v) is 1.72. The first kappa shape index (κ1) is 6.06. The first-order valence-corrected chi connectivity index (χ1v) is 2.49. The topological polar surface area (TPSA) is 101 Å². The Bertz CT molecular complexity index is 235. The molecule has 5 heteroatoms. The Morgan fingerprint density at radius 2 is 2.22 bits per heavy atom. The Hall–Kier alpha value is -1.07. The number of nitrogens with one attached hydrogen (secondary N) is 2. The molecular formula is C4H8N4O. The third kappa shape index (κ3) is 1.18. The van der Waals surface area contributed by atoms with Gasteiger partial charge in [0.1, 0.15) is 0 Å². The predicted octanol–water partition coefficient (Wildman–Crippen LogP) is -1.38. The van der Waals surface area contributed by atoms with Crippen LogP contribution in [0, 0.1) is 0 Å². The molecule has 5 nitrogen and oxygen atoms in total. The van der Waals surface area contributed by atoms with E-state index in [2.05, 4.69) is 9.97 Å². The van der Waals surface area contributed by atoms with Gasteiger partial charge in [0.15, 0.2) is 0 Å². The van der Waals surface area contributed by atoms with Gasteiger partial charge in [0.25, 0.3) is 0 Å². The van der Waals surface area contributed by atoms with Crippen LogP contribution in [-0.4, -0.2) is 9.97 Å². The van der Waals surface area contributed by atoms with Crippen molar-refractivity contribution < 1.29 is 0 Å². The van der Waals surface area contributed by atoms with Crippen LogP contribution >= 0.6 is 0 Å². The molecular weight excluding hydrogens is 120 g/mol. The lowest BCUT2D eigenvalue weighted by molar-refractivity contribution is 0.746. The second-order valence-electron chi connectivity index (χ2n) is 1.72. The number of nitrogens with two attached hydrogens (primary N) is 2. The van der Waals surface area contributed by atoms with Crippen LogP contribution in [0.3, 0.4) is 0 Å². The lowest BCUT2D eigenvalue weighted by Gasteiger charge is -1.96. The summed E-state index contributed by atoms with van der Waals surface area (Å²) in [6.45, 7) is 0. The number of aromatic nitrogens is 2. The van der Waals surface area contributed by atoms with Crippen molar-refractivity contribution in [2.45, 2.75) is 6.17 Å². The molecule has 0 fully saturated rings. The van der Waals surface area contributed by atoms with Gasteiger partial charge in [0.05, 0.1) is 11.9 Å². The minimum absolute atomic E-state index is 0.286. The fraction of sp³-hybridized carbons (Fsp3) is 0.250. The largest absolute Gasteiger partial charge is 0.323 e. The van der Waals surface area contributed by atoms with Gasteiger partial charge < -0.3 is 21.4 Å². The molecule has 1 aromatic rings. The van der Waals surface area contributed by atoms with Gasteiger partial charge in [0, 0.05) is 6.20 Å². The third-order valence-electron chi connectivity index (χ3n) is 0.976. The minimum atomic E-state index is -0.607. The number of H-pyrrole nitrogens is 2. The fourth-order valence-electron chi connectivity index (χ4n) is 0.526. The molecule has 0 radical (unpaired) electrons. The summed E-state index contributed by atoms with van der Waals surface area (Å²) in [6, 6.07) is 0. The maximum atomic E-state index is 10.4. The van der Waals surface area contributed by atoms with E-state index in [-0.39, 0.29) is 5.69 Å². The van der Waals surface area contributed by atoms with Gasteiger partial charge in [0.2, 0.25) is 0 Å². The second kappa shape index (κ2) is 2.04. The molecule has 0 atom stereocenters. The highest BCUT2D eigenvalue weighted by atomic mass is 16.1. The molecule has 1 aromatic heterocycles. The minimum Gasteiger partial charge on any atom is -0.313 e. The molecule has 0 saturated carbocycles. The maximum absolute atomic E-state index is 10.4. The number of imidazole rings is 1. The SMILES string of the molecule is NC(N)c1c[nH]c(=O)[nH]1. The van der Waals surface area contributed by atoms with E-state index in [4.69, 9.17) is 11.5 Å². The monoisotopic (exact) mass is 128 g/mol. The zero-order chi connectivity index (χ0) is 6.85. The summed E-state index contributed by atoms with van der Waals surface area (Å²) in [5, 5.41) is 0. The molecule has 0 amide bonds. The summed E-state index contributed by atoms with van der Waals surface area (Å²) in [5.41, 5.74) is 10.7. The Morgan fingerprint density at radius 3 is 2.44 bits per heavy atom. The van der Waals surface area contributed by atoms with Crippen molar-refractivity contribution in [1.29, 1.82) is 0 Å². The van der Waals surface area contributed by atoms with Crippen molar-refractivity contribution in [3.8, 4) is 0 Å². The van der Waals surface area contributed by atoms with Gasteiger partial charge in [-0.25, -0.2) is 4.79 Å². The van der Waals surface area contributed by atoms with Crippen molar-refractivity contribution in [2.75, 3.05) is 0 Å². The molecule has 0 aliphatic rings. The molecule has 0 spiro atoms. The van der Waals surface area contributed by atoms with Crippen LogP contribution in [0.2, 0.25) is 0 Å². The fourth-order valence-corrected chi connectivity index (χ4v) is 0.526. The van der Waals surface area contributed by atoms with E-state index < -0.39 is 6.17 Å². The van der Waals surface area contributed by atoms with Gasteiger partial charge in [-0.3, -0.25) is 0 Å². The molecule has 0 unspecified atom stereocenters. The summed E-state index contributed by atoms with van der Waals surface area (Å²) >= 11 is 0. The van der Waals surface area contributed by atoms with Crippen molar-refractivity contribution in [3.05, 3.63) is 22.4 Å². The molecule has 0 aliphatic heterocycles. The normalized spacial score (nSPS) is 10.6. The molecule has 1 heterocycles. The first-order chi connectivity index (χ1) is 4.20. The molecule has 0 aromatic carbocycles. The first-order valence-electron chi connectivity index (χ1n) is 2.49. The zero-order valence-electron chi connectivity index (χ0n) is 4.72. The van der Waals surface area contributed by atoms with Crippen LogP contribution in [0.25, 0.3) is 0 Å². The van der Waals surface area contributed by atoms with Gasteiger partial charge in [-0.05, 0) is 0 Å². The van der Waals surface area contributed by atoms with Crippen molar-refractivity contribution in [2.24, 2.45) is 11.5 Å². The highest BCUT2D eigenvalue weighted by Crippen LogP contribution is 1.92. The summed E-state index contributed by atoms with van der Waals surface area (Å²) in [4.78, 5) is 15.2. The standard InChI is InChI=1S/C4H8N4O/c5-3(6)2-1-7-4(9)8-2/h1,3H,5-6H2,(H2,7,8,9). The molecule has 50 valence electrons. The number of aromatic amines is 2. The number of hydrogen-bond acceptors (Lipinski definition) is 3. The van der Waals surface area contributed by atoms with Crippen LogP contribution < -0.4 is 17.2 Å². The van der Waals surface area contributed by atoms with Gasteiger partial charge in [-0.1, -0.05) is 0 Å². The van der Waals surface area contributed by atoms with E-state index >= 15 is 0 Å². The third-order valence-corrected chi connectivity index (χ3v) is 0.976. The average Bonchev–Trinajstić information content (AvgIpc) is 2.14. The van der Waals surface area contributed by atoms with E-state index in [1.165, 1.54) is 6.20 Å². The molecule has 0 aliphatic carbocycles. The van der Waals surface area contributed by atoms with E-state index in [1.807, 2.05) is 0 Å². The Morgan fingerprint density at radius 1 is 1.56 bits per heavy atom. The summed E-state index contributed by atoms with van der Waals surface area (Å²) < 4.78 is 0. The van der Waals surface area contributed by atoms with Crippen LogP contribution in [0.4, 0.5) is 0 Å². The Kier molecular flexibility index (Phi) is 1.37. The molecule has 9 heavy (non-hydrogen) atoms. The van der Waals surface area contributed by atoms with Gasteiger partial charge in [-0.2, -0.15) is 0 Å². The lowest BCUT2D eigenvalue weighted by atomic mass is 10.4. The Labute approximate surface area is 51.1 Å². The summed E-state index contributed by atoms with van der Waals surface area (Å²) in [5.74, 6) is 0. The quantitative estimate of drug-likeness (QED) is 0.350. The van der Waals surface area contributed by atoms with E-state index in [1.54, 1.807) is 0 Å². The van der Waals surface area contributed by atoms with E-state index in [0.29, 0.717) is 5.69 Å². The van der Waals surface area contributed by atoms with Crippen molar-refractivity contribution in [1.82, 2.24) is 9.97 Å². The van der Waals surface area contributed by atoms with E-state index in [0.717, 1.165) is 0 Å². The zero-order valence-corrected chi connectivity index (χ0v) is 4.72. The molecule has 0 bridgehead atoms. The summed E-state index contributed by atoms with van der Waals surface area (Å²) in [6.07, 6.45) is 0.844. The average molecular weight is 128 g/mol. The lowest BCUT2D eigenvalue weighted by Crippen LogP contribution is -2.21. The summed E-state index contributed by atoms with van der Waals surface area (Å²) in [7, 11) is 0. The van der Waals surface area contributed by atoms with Crippen LogP contribution in [-0.2, 0) is 0 Å². The van der Waals surface area contributed by atoms with Gasteiger partial charge in [-0.15, -0.1) is 0 Å². The highest BCUT2D eigenvalue weighted by molar-refractivity contribution is 4.98. The predicted molar refractivity (Wildman–Crippen MR) is 32.5 cm³/mol. The number of rotatable bonds is 1. The van der Waals surface area contributed by atoms with Crippen molar-refractivity contribution >= 4 is 0 Å². The maximum Gasteiger partial charge on any atom is 0.323 e. The number of hydrogen-bond donors (Lipinski definition) is 4. The molecule has 1 rings (SSSR count). The van der Waals surface area contributed by atoms with Crippen LogP contribution in [0.15, 0.2) is 11.0 Å². The van der Waals surface area contributed by atoms with E-state index in [9.17, 15) is 4.79 Å². The molecule has 0 saturated heterocycles. The Balaban J connectivity index is 2.98. The highest BCUT2D eigenvalue weighted by Gasteiger charge is 1.99.